The van der Waals surface area contributed by atoms with E-state index in [1.54, 1.807) is 7.11 Å². The molecule has 0 radical (unpaired) electrons. The topological polar surface area (TPSA) is 26.3 Å². The van der Waals surface area contributed by atoms with E-state index >= 15 is 0 Å². The van der Waals surface area contributed by atoms with Crippen LogP contribution in [0.3, 0.4) is 0 Å². The zero-order chi connectivity index (χ0) is 11.4. The molecular weight excluding hydrogens is 188 g/mol. The molecule has 2 heteroatoms. The van der Waals surface area contributed by atoms with Gasteiger partial charge in [0.2, 0.25) is 0 Å². The van der Waals surface area contributed by atoms with E-state index in [1.165, 1.54) is 11.1 Å². The first-order valence-corrected chi connectivity index (χ1v) is 5.16. The van der Waals surface area contributed by atoms with Gasteiger partial charge in [-0.05, 0) is 43.5 Å². The van der Waals surface area contributed by atoms with Crippen LogP contribution in [-0.4, -0.2) is 19.5 Å². The van der Waals surface area contributed by atoms with Gasteiger partial charge in [0.15, 0.2) is 5.78 Å². The van der Waals surface area contributed by atoms with Crippen molar-refractivity contribution in [2.45, 2.75) is 27.2 Å². The number of methoxy groups -OCH3 is 1. The van der Waals surface area contributed by atoms with Crippen LogP contribution in [-0.2, 0) is 4.74 Å². The summed E-state index contributed by atoms with van der Waals surface area (Å²) in [6, 6.07) is 4.04. The van der Waals surface area contributed by atoms with Gasteiger partial charge >= 0.3 is 0 Å². The van der Waals surface area contributed by atoms with Crippen LogP contribution in [0.4, 0.5) is 0 Å². The van der Waals surface area contributed by atoms with Crippen molar-refractivity contribution in [1.82, 2.24) is 0 Å². The van der Waals surface area contributed by atoms with Gasteiger partial charge in [-0.1, -0.05) is 6.07 Å². The number of ether oxygens (including phenoxy) is 1. The molecule has 0 saturated carbocycles. The minimum atomic E-state index is 0.164. The Balaban J connectivity index is 2.94. The van der Waals surface area contributed by atoms with E-state index in [-0.39, 0.29) is 5.78 Å². The lowest BCUT2D eigenvalue weighted by Gasteiger charge is -2.08. The summed E-state index contributed by atoms with van der Waals surface area (Å²) in [5, 5.41) is 0. The van der Waals surface area contributed by atoms with E-state index in [4.69, 9.17) is 4.74 Å². The molecule has 0 unspecified atom stereocenters. The minimum Gasteiger partial charge on any atom is -0.384 e. The van der Waals surface area contributed by atoms with Crippen molar-refractivity contribution < 1.29 is 9.53 Å². The summed E-state index contributed by atoms with van der Waals surface area (Å²) in [5.41, 5.74) is 4.28. The fourth-order valence-electron chi connectivity index (χ4n) is 1.59. The summed E-state index contributed by atoms with van der Waals surface area (Å²) in [5.74, 6) is 0.164. The van der Waals surface area contributed by atoms with Gasteiger partial charge in [-0.15, -0.1) is 0 Å². The minimum absolute atomic E-state index is 0.164. The van der Waals surface area contributed by atoms with Gasteiger partial charge in [-0.3, -0.25) is 4.79 Å². The molecular formula is C13H18O2. The molecule has 0 aliphatic rings. The first-order valence-electron chi connectivity index (χ1n) is 5.16. The van der Waals surface area contributed by atoms with E-state index in [0.29, 0.717) is 13.0 Å². The van der Waals surface area contributed by atoms with E-state index in [0.717, 1.165) is 11.1 Å². The maximum atomic E-state index is 11.8. The third-order valence-electron chi connectivity index (χ3n) is 2.67. The third kappa shape index (κ3) is 2.90. The predicted octanol–water partition coefficient (Wildman–Crippen LogP) is 2.83. The van der Waals surface area contributed by atoms with Gasteiger partial charge in [0.25, 0.3) is 0 Å². The van der Waals surface area contributed by atoms with Crippen molar-refractivity contribution in [2.75, 3.05) is 13.7 Å². The van der Waals surface area contributed by atoms with E-state index in [1.807, 2.05) is 19.9 Å². The summed E-state index contributed by atoms with van der Waals surface area (Å²) < 4.78 is 4.91. The summed E-state index contributed by atoms with van der Waals surface area (Å²) >= 11 is 0. The molecule has 1 rings (SSSR count). The molecule has 0 amide bonds. The Morgan fingerprint density at radius 1 is 1.13 bits per heavy atom. The molecule has 15 heavy (non-hydrogen) atoms. The van der Waals surface area contributed by atoms with Gasteiger partial charge in [-0.2, -0.15) is 0 Å². The van der Waals surface area contributed by atoms with Crippen LogP contribution >= 0.6 is 0 Å². The number of aryl methyl sites for hydroxylation is 3. The average Bonchev–Trinajstić information content (AvgIpc) is 2.20. The highest BCUT2D eigenvalue weighted by Gasteiger charge is 2.09. The lowest BCUT2D eigenvalue weighted by Crippen LogP contribution is -2.06. The Kier molecular flexibility index (Phi) is 4.04. The zero-order valence-electron chi connectivity index (χ0n) is 9.89. The Morgan fingerprint density at radius 2 is 1.73 bits per heavy atom. The quantitative estimate of drug-likeness (QED) is 0.708. The van der Waals surface area contributed by atoms with Gasteiger partial charge in [0.05, 0.1) is 6.61 Å². The SMILES string of the molecule is COCCC(=O)c1cc(C)c(C)cc1C. The second-order valence-electron chi connectivity index (χ2n) is 3.92. The molecule has 0 N–H and O–H groups in total. The van der Waals surface area contributed by atoms with Gasteiger partial charge in [0.1, 0.15) is 0 Å². The Bertz CT molecular complexity index is 367. The van der Waals surface area contributed by atoms with Crippen molar-refractivity contribution in [3.63, 3.8) is 0 Å². The van der Waals surface area contributed by atoms with Crippen molar-refractivity contribution in [3.8, 4) is 0 Å². The predicted molar refractivity (Wildman–Crippen MR) is 61.5 cm³/mol. The molecule has 0 aromatic heterocycles. The Labute approximate surface area is 91.3 Å². The van der Waals surface area contributed by atoms with Crippen molar-refractivity contribution in [3.05, 3.63) is 34.4 Å². The molecule has 82 valence electrons. The zero-order valence-corrected chi connectivity index (χ0v) is 9.89. The normalized spacial score (nSPS) is 10.4. The average molecular weight is 206 g/mol. The highest BCUT2D eigenvalue weighted by atomic mass is 16.5. The van der Waals surface area contributed by atoms with Crippen LogP contribution < -0.4 is 0 Å². The summed E-state index contributed by atoms with van der Waals surface area (Å²) in [6.07, 6.45) is 0.458. The number of hydrogen-bond donors (Lipinski definition) is 0. The first kappa shape index (κ1) is 11.9. The maximum absolute atomic E-state index is 11.8. The summed E-state index contributed by atoms with van der Waals surface area (Å²) in [6.45, 7) is 6.56. The second-order valence-corrected chi connectivity index (χ2v) is 3.92. The Hall–Kier alpha value is -1.15. The fourth-order valence-corrected chi connectivity index (χ4v) is 1.59. The van der Waals surface area contributed by atoms with Crippen LogP contribution in [0.2, 0.25) is 0 Å². The number of hydrogen-bond acceptors (Lipinski definition) is 2. The standard InChI is InChI=1S/C13H18O2/c1-9-7-11(3)12(8-10(9)2)13(14)5-6-15-4/h7-8H,5-6H2,1-4H3. The van der Waals surface area contributed by atoms with E-state index < -0.39 is 0 Å². The summed E-state index contributed by atoms with van der Waals surface area (Å²) in [7, 11) is 1.61. The first-order chi connectivity index (χ1) is 7.06. The second kappa shape index (κ2) is 5.08. The smallest absolute Gasteiger partial charge is 0.165 e. The van der Waals surface area contributed by atoms with Crippen LogP contribution in [0.5, 0.6) is 0 Å². The molecule has 0 fully saturated rings. The Morgan fingerprint density at radius 3 is 2.33 bits per heavy atom. The number of rotatable bonds is 4. The monoisotopic (exact) mass is 206 g/mol. The molecule has 1 aromatic rings. The van der Waals surface area contributed by atoms with Crippen molar-refractivity contribution in [2.24, 2.45) is 0 Å². The molecule has 0 atom stereocenters. The number of carbonyl (C=O) groups excluding carboxylic acids is 1. The van der Waals surface area contributed by atoms with Crippen LogP contribution in [0, 0.1) is 20.8 Å². The number of carbonyl (C=O) groups is 1. The molecule has 0 aliphatic carbocycles. The summed E-state index contributed by atoms with van der Waals surface area (Å²) in [4.78, 5) is 11.8. The number of benzene rings is 1. The molecule has 0 heterocycles. The molecule has 0 saturated heterocycles. The third-order valence-corrected chi connectivity index (χ3v) is 2.67. The van der Waals surface area contributed by atoms with Gasteiger partial charge in [0, 0.05) is 19.1 Å². The van der Waals surface area contributed by atoms with Crippen molar-refractivity contribution >= 4 is 5.78 Å². The highest BCUT2D eigenvalue weighted by molar-refractivity contribution is 5.97. The lowest BCUT2D eigenvalue weighted by atomic mass is 9.97. The molecule has 1 aromatic carbocycles. The largest absolute Gasteiger partial charge is 0.384 e. The van der Waals surface area contributed by atoms with Crippen molar-refractivity contribution in [1.29, 1.82) is 0 Å². The van der Waals surface area contributed by atoms with Gasteiger partial charge in [-0.25, -0.2) is 0 Å². The fraction of sp³-hybridized carbons (Fsp3) is 0.462. The van der Waals surface area contributed by atoms with Crippen LogP contribution in [0.15, 0.2) is 12.1 Å². The number of ketones is 1. The van der Waals surface area contributed by atoms with E-state index in [9.17, 15) is 4.79 Å². The lowest BCUT2D eigenvalue weighted by molar-refractivity contribution is 0.0931. The van der Waals surface area contributed by atoms with Crippen LogP contribution in [0.25, 0.3) is 0 Å². The molecule has 0 aliphatic heterocycles. The van der Waals surface area contributed by atoms with Gasteiger partial charge < -0.3 is 4.74 Å². The van der Waals surface area contributed by atoms with Crippen LogP contribution in [0.1, 0.15) is 33.5 Å². The highest BCUT2D eigenvalue weighted by Crippen LogP contribution is 2.16. The molecule has 0 spiro atoms. The van der Waals surface area contributed by atoms with E-state index in [2.05, 4.69) is 13.0 Å². The molecule has 0 bridgehead atoms. The number of Topliss-reactive ketones (excluding diaryl/α,β-unsaturated/α-hetero) is 1. The maximum Gasteiger partial charge on any atom is 0.165 e. The molecule has 2 nitrogen and oxygen atoms in total.